The van der Waals surface area contributed by atoms with E-state index in [-0.39, 0.29) is 45.4 Å². The summed E-state index contributed by atoms with van der Waals surface area (Å²) in [7, 11) is 0. The highest BCUT2D eigenvalue weighted by atomic mass is 35.5. The predicted molar refractivity (Wildman–Crippen MR) is 94.6 cm³/mol. The van der Waals surface area contributed by atoms with Crippen molar-refractivity contribution >= 4 is 17.9 Å². The second-order valence-electron chi connectivity index (χ2n) is 5.65. The molecule has 0 atom stereocenters. The molecule has 27 heavy (non-hydrogen) atoms. The van der Waals surface area contributed by atoms with E-state index < -0.39 is 17.5 Å². The van der Waals surface area contributed by atoms with Crippen LogP contribution in [0.25, 0.3) is 11.1 Å². The number of ether oxygens (including phenoxy) is 1. The predicted octanol–water partition coefficient (Wildman–Crippen LogP) is 5.52. The van der Waals surface area contributed by atoms with Crippen LogP contribution in [0.2, 0.25) is 5.02 Å². The molecule has 0 heterocycles. The maximum absolute atomic E-state index is 14.8. The summed E-state index contributed by atoms with van der Waals surface area (Å²) >= 11 is 5.97. The van der Waals surface area contributed by atoms with Gasteiger partial charge in [-0.05, 0) is 24.3 Å². The van der Waals surface area contributed by atoms with Crippen LogP contribution < -0.4 is 4.74 Å². The summed E-state index contributed by atoms with van der Waals surface area (Å²) in [5.41, 5.74) is -0.257. The molecule has 3 nitrogen and oxygen atoms in total. The second-order valence-corrected chi connectivity index (χ2v) is 6.06. The van der Waals surface area contributed by atoms with Crippen molar-refractivity contribution < 1.29 is 27.8 Å². The Balaban J connectivity index is 1.90. The molecule has 7 heteroatoms. The van der Waals surface area contributed by atoms with Crippen LogP contribution in [0, 0.1) is 17.5 Å². The first-order valence-electron chi connectivity index (χ1n) is 7.74. The van der Waals surface area contributed by atoms with Crippen LogP contribution in [0.3, 0.4) is 0 Å². The van der Waals surface area contributed by atoms with Crippen molar-refractivity contribution in [3.8, 4) is 22.6 Å². The van der Waals surface area contributed by atoms with E-state index in [1.807, 2.05) is 0 Å². The zero-order chi connectivity index (χ0) is 19.6. The smallest absolute Gasteiger partial charge is 0.153 e. The van der Waals surface area contributed by atoms with Gasteiger partial charge in [0.2, 0.25) is 0 Å². The summed E-state index contributed by atoms with van der Waals surface area (Å²) < 4.78 is 47.5. The van der Waals surface area contributed by atoms with Crippen molar-refractivity contribution in [2.24, 2.45) is 0 Å². The highest BCUT2D eigenvalue weighted by Crippen LogP contribution is 2.33. The third-order valence-corrected chi connectivity index (χ3v) is 4.18. The number of rotatable bonds is 5. The number of aromatic hydroxyl groups is 1. The first-order chi connectivity index (χ1) is 12.9. The lowest BCUT2D eigenvalue weighted by Crippen LogP contribution is -2.01. The lowest BCUT2D eigenvalue weighted by molar-refractivity contribution is 0.112. The topological polar surface area (TPSA) is 46.5 Å². The van der Waals surface area contributed by atoms with Crippen LogP contribution in [-0.2, 0) is 6.61 Å². The normalized spacial score (nSPS) is 10.7. The van der Waals surface area contributed by atoms with Crippen LogP contribution >= 0.6 is 11.6 Å². The van der Waals surface area contributed by atoms with E-state index in [9.17, 15) is 23.1 Å². The van der Waals surface area contributed by atoms with Crippen LogP contribution in [0.15, 0.2) is 48.5 Å². The Morgan fingerprint density at radius 1 is 1.04 bits per heavy atom. The fraction of sp³-hybridized carbons (Fsp3) is 0.0500. The molecule has 0 radical (unpaired) electrons. The largest absolute Gasteiger partial charge is 0.507 e. The van der Waals surface area contributed by atoms with E-state index in [4.69, 9.17) is 16.3 Å². The molecule has 3 aromatic carbocycles. The minimum absolute atomic E-state index is 0.0119. The van der Waals surface area contributed by atoms with Gasteiger partial charge in [0.05, 0.1) is 10.6 Å². The van der Waals surface area contributed by atoms with Gasteiger partial charge in [0.1, 0.15) is 35.6 Å². The Labute approximate surface area is 157 Å². The third kappa shape index (κ3) is 3.90. The fourth-order valence-electron chi connectivity index (χ4n) is 2.52. The summed E-state index contributed by atoms with van der Waals surface area (Å²) in [6.45, 7) is -0.282. The van der Waals surface area contributed by atoms with E-state index in [2.05, 4.69) is 0 Å². The van der Waals surface area contributed by atoms with E-state index in [1.165, 1.54) is 24.3 Å². The number of phenolic OH excluding ortho intramolecular Hbond substituents is 1. The monoisotopic (exact) mass is 392 g/mol. The highest BCUT2D eigenvalue weighted by Gasteiger charge is 2.16. The van der Waals surface area contributed by atoms with Gasteiger partial charge in [0, 0.05) is 22.8 Å². The summed E-state index contributed by atoms with van der Waals surface area (Å²) in [5, 5.41) is 9.75. The molecule has 0 unspecified atom stereocenters. The summed E-state index contributed by atoms with van der Waals surface area (Å²) in [6, 6.07) is 9.36. The Hall–Kier alpha value is -2.99. The van der Waals surface area contributed by atoms with Crippen LogP contribution in [0.1, 0.15) is 15.9 Å². The third-order valence-electron chi connectivity index (χ3n) is 3.89. The lowest BCUT2D eigenvalue weighted by atomic mass is 10.0. The van der Waals surface area contributed by atoms with Crippen LogP contribution in [0.5, 0.6) is 11.5 Å². The molecule has 0 spiro atoms. The molecular weight excluding hydrogens is 381 g/mol. The Kier molecular flexibility index (Phi) is 5.37. The van der Waals surface area contributed by atoms with E-state index >= 15 is 0 Å². The Bertz CT molecular complexity index is 1020. The molecule has 0 aliphatic carbocycles. The number of hydrogen-bond acceptors (Lipinski definition) is 3. The maximum Gasteiger partial charge on any atom is 0.153 e. The molecule has 0 aliphatic heterocycles. The average Bonchev–Trinajstić information content (AvgIpc) is 2.65. The molecule has 0 amide bonds. The zero-order valence-electron chi connectivity index (χ0n) is 13.7. The highest BCUT2D eigenvalue weighted by molar-refractivity contribution is 6.32. The SMILES string of the molecule is O=Cc1cc(Cl)c(OCc2cccc(-c3cc(F)ccc3F)c2F)cc1O. The molecule has 3 rings (SSSR count). The molecular formula is C20H12ClF3O3. The Morgan fingerprint density at radius 2 is 1.81 bits per heavy atom. The quantitative estimate of drug-likeness (QED) is 0.581. The van der Waals surface area contributed by atoms with Crippen molar-refractivity contribution in [1.29, 1.82) is 0 Å². The van der Waals surface area contributed by atoms with Gasteiger partial charge < -0.3 is 9.84 Å². The number of hydrogen-bond donors (Lipinski definition) is 1. The minimum atomic E-state index is -0.771. The molecule has 138 valence electrons. The molecule has 1 N–H and O–H groups in total. The van der Waals surface area contributed by atoms with Crippen LogP contribution in [-0.4, -0.2) is 11.4 Å². The van der Waals surface area contributed by atoms with Crippen molar-refractivity contribution in [2.45, 2.75) is 6.61 Å². The summed E-state index contributed by atoms with van der Waals surface area (Å²) in [4.78, 5) is 10.8. The number of carbonyl (C=O) groups excluding carboxylic acids is 1. The lowest BCUT2D eigenvalue weighted by Gasteiger charge is -2.12. The zero-order valence-corrected chi connectivity index (χ0v) is 14.4. The first kappa shape index (κ1) is 18.8. The first-order valence-corrected chi connectivity index (χ1v) is 8.11. The maximum atomic E-state index is 14.8. The van der Waals surface area contributed by atoms with Crippen molar-refractivity contribution in [2.75, 3.05) is 0 Å². The Morgan fingerprint density at radius 3 is 2.56 bits per heavy atom. The number of phenols is 1. The average molecular weight is 393 g/mol. The van der Waals surface area contributed by atoms with Gasteiger partial charge in [0.15, 0.2) is 6.29 Å². The summed E-state index contributed by atoms with van der Waals surface area (Å²) in [6.07, 6.45) is 0.432. The van der Waals surface area contributed by atoms with Gasteiger partial charge in [-0.25, -0.2) is 13.2 Å². The second kappa shape index (κ2) is 7.72. The number of benzene rings is 3. The van der Waals surface area contributed by atoms with Crippen molar-refractivity contribution in [1.82, 2.24) is 0 Å². The van der Waals surface area contributed by atoms with Gasteiger partial charge in [-0.1, -0.05) is 29.8 Å². The van der Waals surface area contributed by atoms with Crippen molar-refractivity contribution in [3.63, 3.8) is 0 Å². The van der Waals surface area contributed by atoms with E-state index in [0.29, 0.717) is 6.29 Å². The van der Waals surface area contributed by atoms with Gasteiger partial charge in [-0.2, -0.15) is 0 Å². The van der Waals surface area contributed by atoms with E-state index in [1.54, 1.807) is 0 Å². The number of halogens is 4. The molecule has 3 aromatic rings. The summed E-state index contributed by atoms with van der Waals surface area (Å²) in [5.74, 6) is -2.51. The molecule has 0 bridgehead atoms. The van der Waals surface area contributed by atoms with Crippen molar-refractivity contribution in [3.05, 3.63) is 82.1 Å². The number of carbonyl (C=O) groups is 1. The fourth-order valence-corrected chi connectivity index (χ4v) is 2.75. The molecule has 0 aromatic heterocycles. The molecule has 0 aliphatic rings. The molecule has 0 saturated heterocycles. The standard InChI is InChI=1S/C20H12ClF3O3/c21-16-6-12(9-25)18(26)8-19(16)27-10-11-2-1-3-14(20(11)24)15-7-13(22)4-5-17(15)23/h1-9,26H,10H2. The molecule has 0 fully saturated rings. The van der Waals surface area contributed by atoms with Gasteiger partial charge in [-0.15, -0.1) is 0 Å². The number of aldehydes is 1. The van der Waals surface area contributed by atoms with E-state index in [0.717, 1.165) is 24.3 Å². The minimum Gasteiger partial charge on any atom is -0.507 e. The van der Waals surface area contributed by atoms with Gasteiger partial charge >= 0.3 is 0 Å². The van der Waals surface area contributed by atoms with Gasteiger partial charge in [0.25, 0.3) is 0 Å². The van der Waals surface area contributed by atoms with Gasteiger partial charge in [-0.3, -0.25) is 4.79 Å². The van der Waals surface area contributed by atoms with Crippen LogP contribution in [0.4, 0.5) is 13.2 Å². The molecule has 0 saturated carbocycles.